The lowest BCUT2D eigenvalue weighted by molar-refractivity contribution is 0.112. The van der Waals surface area contributed by atoms with E-state index in [1.807, 2.05) is 4.57 Å². The number of halogens is 3. The van der Waals surface area contributed by atoms with Gasteiger partial charge in [-0.2, -0.15) is 4.31 Å². The van der Waals surface area contributed by atoms with Gasteiger partial charge in [0.2, 0.25) is 10.0 Å². The number of aromatic nitrogens is 3. The number of carbonyl (C=O) groups excluding carboxylic acids is 1. The van der Waals surface area contributed by atoms with Gasteiger partial charge in [-0.1, -0.05) is 11.6 Å². The van der Waals surface area contributed by atoms with E-state index in [0.29, 0.717) is 36.1 Å². The molecule has 1 saturated heterocycles. The van der Waals surface area contributed by atoms with Crippen LogP contribution >= 0.6 is 11.6 Å². The molecule has 7 nitrogen and oxygen atoms in total. The zero-order chi connectivity index (χ0) is 24.7. The van der Waals surface area contributed by atoms with Gasteiger partial charge in [-0.3, -0.25) is 4.79 Å². The van der Waals surface area contributed by atoms with E-state index in [4.69, 9.17) is 11.6 Å². The summed E-state index contributed by atoms with van der Waals surface area (Å²) in [5.74, 6) is -1.11. The molecule has 2 aromatic heterocycles. The lowest BCUT2D eigenvalue weighted by Gasteiger charge is -2.32. The third-order valence-corrected chi connectivity index (χ3v) is 8.37. The number of nitrogens with zero attached hydrogens (tertiary/aromatic N) is 4. The lowest BCUT2D eigenvalue weighted by atomic mass is 10.1. The highest BCUT2D eigenvalue weighted by Crippen LogP contribution is 2.35. The normalized spacial score (nSPS) is 15.5. The number of hydrogen-bond acceptors (Lipinski definition) is 5. The maximum atomic E-state index is 14.7. The first-order valence-corrected chi connectivity index (χ1v) is 12.6. The van der Waals surface area contributed by atoms with Gasteiger partial charge in [0, 0.05) is 37.0 Å². The molecule has 0 bridgehead atoms. The van der Waals surface area contributed by atoms with E-state index in [1.54, 1.807) is 18.3 Å². The van der Waals surface area contributed by atoms with Gasteiger partial charge in [-0.25, -0.2) is 27.2 Å². The van der Waals surface area contributed by atoms with Crippen molar-refractivity contribution in [2.45, 2.75) is 23.8 Å². The Kier molecular flexibility index (Phi) is 6.12. The number of hydrogen-bond donors (Lipinski definition) is 0. The van der Waals surface area contributed by atoms with Gasteiger partial charge in [0.15, 0.2) is 11.9 Å². The van der Waals surface area contributed by atoms with Crippen LogP contribution in [0.5, 0.6) is 0 Å². The van der Waals surface area contributed by atoms with E-state index < -0.39 is 21.7 Å². The fourth-order valence-electron chi connectivity index (χ4n) is 4.39. The minimum Gasteiger partial charge on any atom is -0.305 e. The number of carbonyl (C=O) groups is 1. The van der Waals surface area contributed by atoms with Crippen molar-refractivity contribution in [3.05, 3.63) is 76.9 Å². The monoisotopic (exact) mass is 516 g/mol. The summed E-state index contributed by atoms with van der Waals surface area (Å²) in [5.41, 5.74) is 1.46. The molecule has 0 spiro atoms. The van der Waals surface area contributed by atoms with Crippen LogP contribution in [-0.2, 0) is 10.0 Å². The molecule has 180 valence electrons. The topological polar surface area (TPSA) is 85.2 Å². The third-order valence-electron chi connectivity index (χ3n) is 6.15. The first-order chi connectivity index (χ1) is 16.8. The largest absolute Gasteiger partial charge is 0.305 e. The molecule has 11 heteroatoms. The van der Waals surface area contributed by atoms with Gasteiger partial charge >= 0.3 is 0 Å². The molecule has 0 unspecified atom stereocenters. The molecule has 0 radical (unpaired) electrons. The second kappa shape index (κ2) is 9.10. The summed E-state index contributed by atoms with van der Waals surface area (Å²) in [6.07, 6.45) is 3.03. The standard InChI is InChI=1S/C24H19ClF2N4O3S/c25-20-13-18(5-3-15(20)14-32)35(33,34)30-10-7-17(8-11-30)31-23(19-6-4-16(26)12-21(19)27)29-22-2-1-9-28-24(22)31/h1-6,9,12-14,17H,7-8,10-11H2. The Morgan fingerprint density at radius 1 is 1.06 bits per heavy atom. The van der Waals surface area contributed by atoms with Crippen molar-refractivity contribution >= 4 is 39.1 Å². The molecule has 1 fully saturated rings. The average molecular weight is 517 g/mol. The van der Waals surface area contributed by atoms with Gasteiger partial charge in [0.05, 0.1) is 15.5 Å². The molecule has 2 aromatic carbocycles. The van der Waals surface area contributed by atoms with Crippen LogP contribution in [0.4, 0.5) is 8.78 Å². The van der Waals surface area contributed by atoms with Crippen LogP contribution in [0.1, 0.15) is 29.2 Å². The molecule has 1 aliphatic heterocycles. The van der Waals surface area contributed by atoms with Crippen molar-refractivity contribution < 1.29 is 22.0 Å². The predicted molar refractivity (Wildman–Crippen MR) is 127 cm³/mol. The van der Waals surface area contributed by atoms with E-state index in [-0.39, 0.29) is 40.2 Å². The van der Waals surface area contributed by atoms with Crippen molar-refractivity contribution in [3.8, 4) is 11.4 Å². The Balaban J connectivity index is 1.46. The van der Waals surface area contributed by atoms with E-state index in [9.17, 15) is 22.0 Å². The highest BCUT2D eigenvalue weighted by molar-refractivity contribution is 7.89. The smallest absolute Gasteiger partial charge is 0.243 e. The highest BCUT2D eigenvalue weighted by Gasteiger charge is 2.32. The van der Waals surface area contributed by atoms with Gasteiger partial charge in [0.25, 0.3) is 0 Å². The molecular formula is C24H19ClF2N4O3S. The Morgan fingerprint density at radius 3 is 2.51 bits per heavy atom. The van der Waals surface area contributed by atoms with E-state index in [0.717, 1.165) is 6.07 Å². The summed E-state index contributed by atoms with van der Waals surface area (Å²) in [4.78, 5) is 20.0. The van der Waals surface area contributed by atoms with Crippen LogP contribution < -0.4 is 0 Å². The number of rotatable bonds is 5. The molecule has 0 atom stereocenters. The number of piperidine rings is 1. The fraction of sp³-hybridized carbons (Fsp3) is 0.208. The van der Waals surface area contributed by atoms with Crippen LogP contribution in [0.2, 0.25) is 5.02 Å². The molecule has 0 amide bonds. The summed E-state index contributed by atoms with van der Waals surface area (Å²) in [7, 11) is -3.83. The van der Waals surface area contributed by atoms with Crippen LogP contribution in [0, 0.1) is 11.6 Å². The first-order valence-electron chi connectivity index (χ1n) is 10.8. The number of benzene rings is 2. The van der Waals surface area contributed by atoms with Crippen LogP contribution in [0.25, 0.3) is 22.6 Å². The van der Waals surface area contributed by atoms with Gasteiger partial charge in [-0.05, 0) is 55.3 Å². The zero-order valence-electron chi connectivity index (χ0n) is 18.2. The maximum Gasteiger partial charge on any atom is 0.243 e. The molecule has 3 heterocycles. The predicted octanol–water partition coefficient (Wildman–Crippen LogP) is 4.87. The van der Waals surface area contributed by atoms with Gasteiger partial charge < -0.3 is 4.57 Å². The second-order valence-corrected chi connectivity index (χ2v) is 10.6. The highest BCUT2D eigenvalue weighted by atomic mass is 35.5. The first kappa shape index (κ1) is 23.5. The molecule has 0 saturated carbocycles. The lowest BCUT2D eigenvalue weighted by Crippen LogP contribution is -2.39. The maximum absolute atomic E-state index is 14.7. The molecule has 0 N–H and O–H groups in total. The average Bonchev–Trinajstić information content (AvgIpc) is 3.23. The summed E-state index contributed by atoms with van der Waals surface area (Å²) in [6, 6.07) is 10.6. The van der Waals surface area contributed by atoms with Crippen LogP contribution in [0.15, 0.2) is 59.6 Å². The Hall–Kier alpha value is -3.21. The summed E-state index contributed by atoms with van der Waals surface area (Å²) < 4.78 is 57.7. The van der Waals surface area contributed by atoms with Crippen molar-refractivity contribution in [1.82, 2.24) is 18.8 Å². The van der Waals surface area contributed by atoms with Crippen LogP contribution in [-0.4, -0.2) is 46.6 Å². The number of fused-ring (bicyclic) bond motifs is 1. The number of aldehydes is 1. The minimum atomic E-state index is -3.83. The van der Waals surface area contributed by atoms with Gasteiger partial charge in [0.1, 0.15) is 23.0 Å². The van der Waals surface area contributed by atoms with Crippen LogP contribution in [0.3, 0.4) is 0 Å². The second-order valence-electron chi connectivity index (χ2n) is 8.21. The summed E-state index contributed by atoms with van der Waals surface area (Å²) in [5, 5.41) is 0.0675. The van der Waals surface area contributed by atoms with E-state index >= 15 is 0 Å². The quantitative estimate of drug-likeness (QED) is 0.353. The molecule has 0 aliphatic carbocycles. The van der Waals surface area contributed by atoms with E-state index in [1.165, 1.54) is 34.6 Å². The van der Waals surface area contributed by atoms with Crippen molar-refractivity contribution in [2.75, 3.05) is 13.1 Å². The van der Waals surface area contributed by atoms with Crippen molar-refractivity contribution in [3.63, 3.8) is 0 Å². The Morgan fingerprint density at radius 2 is 1.83 bits per heavy atom. The molecule has 35 heavy (non-hydrogen) atoms. The fourth-order valence-corrected chi connectivity index (χ4v) is 6.18. The Labute approximate surface area is 205 Å². The SMILES string of the molecule is O=Cc1ccc(S(=O)(=O)N2CCC(n3c(-c4ccc(F)cc4F)nc4cccnc43)CC2)cc1Cl. The van der Waals surface area contributed by atoms with Gasteiger partial charge in [-0.15, -0.1) is 0 Å². The number of sulfonamides is 1. The van der Waals surface area contributed by atoms with Crippen molar-refractivity contribution in [1.29, 1.82) is 0 Å². The van der Waals surface area contributed by atoms with E-state index in [2.05, 4.69) is 9.97 Å². The summed E-state index contributed by atoms with van der Waals surface area (Å²) in [6.45, 7) is 0.412. The number of imidazole rings is 1. The molecule has 4 aromatic rings. The summed E-state index contributed by atoms with van der Waals surface area (Å²) >= 11 is 6.03. The third kappa shape index (κ3) is 4.22. The molecule has 1 aliphatic rings. The Bertz CT molecular complexity index is 1550. The van der Waals surface area contributed by atoms with Crippen molar-refractivity contribution in [2.24, 2.45) is 0 Å². The molecule has 5 rings (SSSR count). The number of pyridine rings is 1. The minimum absolute atomic E-state index is 0.00960. The zero-order valence-corrected chi connectivity index (χ0v) is 19.8. The molecular weight excluding hydrogens is 498 g/mol.